The molecule has 0 spiro atoms. The lowest BCUT2D eigenvalue weighted by atomic mass is 10.2. The minimum atomic E-state index is -2.11. The molecule has 0 aromatic rings. The molecule has 1 aliphatic rings. The summed E-state index contributed by atoms with van der Waals surface area (Å²) < 4.78 is 4.66. The van der Waals surface area contributed by atoms with Gasteiger partial charge in [0.1, 0.15) is 0 Å². The Labute approximate surface area is 53.4 Å². The van der Waals surface area contributed by atoms with Gasteiger partial charge in [0.2, 0.25) is 0 Å². The number of nitrogens with one attached hydrogen (secondary N) is 1. The second-order valence-electron chi connectivity index (χ2n) is 2.36. The average molecular weight is 133 g/mol. The van der Waals surface area contributed by atoms with E-state index in [4.69, 9.17) is 10.2 Å². The molecule has 3 N–H and O–H groups in total. The summed E-state index contributed by atoms with van der Waals surface area (Å²) in [6.45, 7) is 3.59. The maximum atomic E-state index is 8.76. The highest BCUT2D eigenvalue weighted by Crippen LogP contribution is 2.15. The van der Waals surface area contributed by atoms with Crippen molar-refractivity contribution in [2.24, 2.45) is 0 Å². The van der Waals surface area contributed by atoms with Crippen LogP contribution in [0.3, 0.4) is 0 Å². The van der Waals surface area contributed by atoms with Crippen LogP contribution in [0.25, 0.3) is 0 Å². The highest BCUT2D eigenvalue weighted by Gasteiger charge is 2.38. The van der Waals surface area contributed by atoms with Gasteiger partial charge >= 0.3 is 6.10 Å². The summed E-state index contributed by atoms with van der Waals surface area (Å²) in [5, 5.41) is 19.9. The molecule has 1 heterocycles. The number of aliphatic hydroxyl groups is 2. The Morgan fingerprint density at radius 3 is 2.11 bits per heavy atom. The second kappa shape index (κ2) is 1.91. The summed E-state index contributed by atoms with van der Waals surface area (Å²) in [6.07, 6.45) is -2.27. The normalized spacial score (nSPS) is 41.3. The van der Waals surface area contributed by atoms with Gasteiger partial charge in [-0.25, -0.2) is 5.32 Å². The van der Waals surface area contributed by atoms with E-state index >= 15 is 0 Å². The highest BCUT2D eigenvalue weighted by molar-refractivity contribution is 4.76. The average Bonchev–Trinajstić information content (AvgIpc) is 1.79. The minimum Gasteiger partial charge on any atom is -0.330 e. The van der Waals surface area contributed by atoms with Gasteiger partial charge in [0, 0.05) is 6.04 Å². The fraction of sp³-hybridized carbons (Fsp3) is 1.00. The lowest BCUT2D eigenvalue weighted by Crippen LogP contribution is -2.42. The van der Waals surface area contributed by atoms with E-state index < -0.39 is 6.10 Å². The number of rotatable bonds is 0. The summed E-state index contributed by atoms with van der Waals surface area (Å²) in [6, 6.07) is -0.0139. The molecule has 2 atom stereocenters. The van der Waals surface area contributed by atoms with E-state index in [9.17, 15) is 0 Å². The quantitative estimate of drug-likeness (QED) is 0.370. The van der Waals surface area contributed by atoms with Crippen LogP contribution in [0.4, 0.5) is 0 Å². The Kier molecular flexibility index (Phi) is 1.48. The molecular weight excluding hydrogens is 122 g/mol. The van der Waals surface area contributed by atoms with Gasteiger partial charge in [-0.05, 0) is 13.8 Å². The summed E-state index contributed by atoms with van der Waals surface area (Å²) in [5.74, 6) is 0. The zero-order valence-corrected chi connectivity index (χ0v) is 5.46. The van der Waals surface area contributed by atoms with Crippen molar-refractivity contribution in [2.45, 2.75) is 32.1 Å². The lowest BCUT2D eigenvalue weighted by molar-refractivity contribution is -0.336. The van der Waals surface area contributed by atoms with Crippen LogP contribution < -0.4 is 5.32 Å². The fourth-order valence-corrected chi connectivity index (χ4v) is 0.809. The summed E-state index contributed by atoms with van der Waals surface area (Å²) in [4.78, 5) is 0. The zero-order valence-electron chi connectivity index (χ0n) is 5.46. The number of hydrogen-bond donors (Lipinski definition) is 3. The first-order chi connectivity index (χ1) is 4.01. The standard InChI is InChI=1S/C5H11NO3/c1-3-4(2)9-5(7,8)6-3/h3-4,6-8H,1-2H3. The first-order valence-electron chi connectivity index (χ1n) is 2.91. The van der Waals surface area contributed by atoms with E-state index in [1.807, 2.05) is 6.92 Å². The van der Waals surface area contributed by atoms with E-state index in [1.165, 1.54) is 0 Å². The monoisotopic (exact) mass is 133 g/mol. The SMILES string of the molecule is CC1NC(O)(O)OC1C. The van der Waals surface area contributed by atoms with Crippen LogP contribution in [0, 0.1) is 0 Å². The maximum Gasteiger partial charge on any atom is 0.346 e. The number of ether oxygens (including phenoxy) is 1. The van der Waals surface area contributed by atoms with Gasteiger partial charge in [-0.15, -0.1) is 0 Å². The van der Waals surface area contributed by atoms with Crippen molar-refractivity contribution >= 4 is 0 Å². The molecule has 0 radical (unpaired) electrons. The maximum absolute atomic E-state index is 8.76. The summed E-state index contributed by atoms with van der Waals surface area (Å²) in [7, 11) is 0. The van der Waals surface area contributed by atoms with E-state index in [0.29, 0.717) is 0 Å². The summed E-state index contributed by atoms with van der Waals surface area (Å²) in [5.41, 5.74) is 0. The molecule has 0 aromatic heterocycles. The second-order valence-corrected chi connectivity index (χ2v) is 2.36. The molecule has 0 aliphatic carbocycles. The van der Waals surface area contributed by atoms with Gasteiger partial charge in [0.25, 0.3) is 0 Å². The van der Waals surface area contributed by atoms with Gasteiger partial charge < -0.3 is 14.9 Å². The third kappa shape index (κ3) is 1.40. The van der Waals surface area contributed by atoms with Gasteiger partial charge in [-0.3, -0.25) is 0 Å². The Bertz CT molecular complexity index is 103. The molecule has 1 aliphatic heterocycles. The predicted octanol–water partition coefficient (Wildman–Crippen LogP) is -1.02. The minimum absolute atomic E-state index is 0.0139. The molecule has 4 nitrogen and oxygen atoms in total. The van der Waals surface area contributed by atoms with Gasteiger partial charge in [-0.2, -0.15) is 0 Å². The first-order valence-corrected chi connectivity index (χ1v) is 2.91. The molecule has 0 bridgehead atoms. The molecule has 54 valence electrons. The van der Waals surface area contributed by atoms with Gasteiger partial charge in [0.15, 0.2) is 0 Å². The highest BCUT2D eigenvalue weighted by atomic mass is 16.8. The van der Waals surface area contributed by atoms with E-state index in [1.54, 1.807) is 6.92 Å². The van der Waals surface area contributed by atoms with Crippen molar-refractivity contribution < 1.29 is 14.9 Å². The summed E-state index contributed by atoms with van der Waals surface area (Å²) >= 11 is 0. The molecule has 0 saturated carbocycles. The number of hydrogen-bond acceptors (Lipinski definition) is 4. The zero-order chi connectivity index (χ0) is 7.07. The Morgan fingerprint density at radius 1 is 1.44 bits per heavy atom. The van der Waals surface area contributed by atoms with Crippen molar-refractivity contribution in [3.05, 3.63) is 0 Å². The topological polar surface area (TPSA) is 61.7 Å². The largest absolute Gasteiger partial charge is 0.346 e. The van der Waals surface area contributed by atoms with Gasteiger partial charge in [-0.1, -0.05) is 0 Å². The molecule has 1 fully saturated rings. The van der Waals surface area contributed by atoms with Crippen LogP contribution in [0.2, 0.25) is 0 Å². The van der Waals surface area contributed by atoms with Crippen LogP contribution in [-0.4, -0.2) is 28.5 Å². The van der Waals surface area contributed by atoms with Crippen molar-refractivity contribution in [2.75, 3.05) is 0 Å². The molecule has 1 saturated heterocycles. The van der Waals surface area contributed by atoms with E-state index in [-0.39, 0.29) is 12.1 Å². The van der Waals surface area contributed by atoms with Crippen LogP contribution in [-0.2, 0) is 4.74 Å². The third-order valence-electron chi connectivity index (χ3n) is 1.47. The van der Waals surface area contributed by atoms with Crippen LogP contribution in [0.5, 0.6) is 0 Å². The Balaban J connectivity index is 2.54. The first kappa shape index (κ1) is 6.95. The third-order valence-corrected chi connectivity index (χ3v) is 1.47. The predicted molar refractivity (Wildman–Crippen MR) is 30.3 cm³/mol. The van der Waals surface area contributed by atoms with E-state index in [2.05, 4.69) is 10.1 Å². The van der Waals surface area contributed by atoms with E-state index in [0.717, 1.165) is 0 Å². The van der Waals surface area contributed by atoms with Gasteiger partial charge in [0.05, 0.1) is 6.10 Å². The lowest BCUT2D eigenvalue weighted by Gasteiger charge is -2.12. The Morgan fingerprint density at radius 2 is 2.00 bits per heavy atom. The van der Waals surface area contributed by atoms with Crippen molar-refractivity contribution in [1.82, 2.24) is 5.32 Å². The molecular formula is C5H11NO3. The molecule has 9 heavy (non-hydrogen) atoms. The molecule has 2 unspecified atom stereocenters. The molecule has 0 aromatic carbocycles. The van der Waals surface area contributed by atoms with Crippen molar-refractivity contribution in [1.29, 1.82) is 0 Å². The molecule has 4 heteroatoms. The van der Waals surface area contributed by atoms with Crippen LogP contribution >= 0.6 is 0 Å². The van der Waals surface area contributed by atoms with Crippen LogP contribution in [0.15, 0.2) is 0 Å². The molecule has 0 amide bonds. The van der Waals surface area contributed by atoms with Crippen LogP contribution in [0.1, 0.15) is 13.8 Å². The Hall–Kier alpha value is -0.160. The van der Waals surface area contributed by atoms with Crippen molar-refractivity contribution in [3.63, 3.8) is 0 Å². The molecule has 1 rings (SSSR count). The van der Waals surface area contributed by atoms with Crippen molar-refractivity contribution in [3.8, 4) is 0 Å². The fourth-order valence-electron chi connectivity index (χ4n) is 0.809. The smallest absolute Gasteiger partial charge is 0.330 e.